The summed E-state index contributed by atoms with van der Waals surface area (Å²) in [7, 11) is 1.84. The van der Waals surface area contributed by atoms with Crippen LogP contribution in [0.5, 0.6) is 0 Å². The zero-order valence-corrected chi connectivity index (χ0v) is 19.5. The van der Waals surface area contributed by atoms with Gasteiger partial charge < -0.3 is 16.0 Å². The number of Topliss-reactive ketones (excluding diaryl/α,β-unsaturated/α-hetero) is 1. The molecule has 0 saturated heterocycles. The quantitative estimate of drug-likeness (QED) is 0.541. The predicted molar refractivity (Wildman–Crippen MR) is 124 cm³/mol. The fourth-order valence-electron chi connectivity index (χ4n) is 3.68. The van der Waals surface area contributed by atoms with E-state index < -0.39 is 23.4 Å². The Morgan fingerprint density at radius 1 is 1.16 bits per heavy atom. The Labute approximate surface area is 184 Å². The van der Waals surface area contributed by atoms with E-state index in [9.17, 15) is 14.4 Å². The Bertz CT molecular complexity index is 926. The lowest BCUT2D eigenvalue weighted by Crippen LogP contribution is -2.54. The van der Waals surface area contributed by atoms with Gasteiger partial charge in [0.1, 0.15) is 0 Å². The lowest BCUT2D eigenvalue weighted by Gasteiger charge is -2.32. The lowest BCUT2D eigenvalue weighted by atomic mass is 9.84. The van der Waals surface area contributed by atoms with Gasteiger partial charge in [-0.05, 0) is 38.9 Å². The highest BCUT2D eigenvalue weighted by Gasteiger charge is 2.34. The van der Waals surface area contributed by atoms with Gasteiger partial charge in [-0.15, -0.1) is 0 Å². The maximum atomic E-state index is 13.3. The summed E-state index contributed by atoms with van der Waals surface area (Å²) in [6, 6.07) is 6.76. The Kier molecular flexibility index (Phi) is 8.01. The molecule has 0 bridgehead atoms. The van der Waals surface area contributed by atoms with Crippen LogP contribution in [0.2, 0.25) is 0 Å². The second-order valence-electron chi connectivity index (χ2n) is 9.52. The number of para-hydroxylation sites is 1. The van der Waals surface area contributed by atoms with Gasteiger partial charge in [0, 0.05) is 41.4 Å². The van der Waals surface area contributed by atoms with E-state index in [1.165, 1.54) is 0 Å². The number of hydrogen-bond donors (Lipinski definition) is 3. The topological polar surface area (TPSA) is 108 Å². The number of nitrogens with one attached hydrogen (secondary N) is 2. The lowest BCUT2D eigenvalue weighted by molar-refractivity contribution is -0.135. The summed E-state index contributed by atoms with van der Waals surface area (Å²) in [5.41, 5.74) is 6.67. The summed E-state index contributed by atoms with van der Waals surface area (Å²) in [4.78, 5) is 43.0. The number of likely N-dealkylation sites (N-methyl/N-ethyl adjacent to an activating group) is 1. The number of primary amides is 1. The average Bonchev–Trinajstić information content (AvgIpc) is 3.08. The summed E-state index contributed by atoms with van der Waals surface area (Å²) in [5.74, 6) is -0.747. The van der Waals surface area contributed by atoms with Gasteiger partial charge in [0.15, 0.2) is 5.78 Å². The summed E-state index contributed by atoms with van der Waals surface area (Å²) in [5, 5.41) is 4.02. The van der Waals surface area contributed by atoms with Gasteiger partial charge in [0.05, 0.1) is 12.1 Å². The second-order valence-corrected chi connectivity index (χ2v) is 9.52. The molecule has 0 radical (unpaired) electrons. The molecule has 2 atom stereocenters. The number of H-pyrrole nitrogens is 1. The molecule has 4 N–H and O–H groups in total. The molecule has 0 spiro atoms. The number of nitrogens with two attached hydrogens (primary N) is 1. The Balaban J connectivity index is 2.31. The van der Waals surface area contributed by atoms with Gasteiger partial charge in [-0.25, -0.2) is 0 Å². The molecule has 1 aromatic heterocycles. The molecule has 0 unspecified atom stereocenters. The number of carbonyl (C=O) groups is 3. The van der Waals surface area contributed by atoms with Crippen LogP contribution in [0.15, 0.2) is 30.5 Å². The number of nitrogens with zero attached hydrogens (tertiary/aromatic N) is 1. The number of aromatic nitrogens is 1. The van der Waals surface area contributed by atoms with Gasteiger partial charge in [0.2, 0.25) is 11.8 Å². The van der Waals surface area contributed by atoms with Crippen LogP contribution in [-0.2, 0) is 20.8 Å². The van der Waals surface area contributed by atoms with E-state index in [0.717, 1.165) is 16.5 Å². The summed E-state index contributed by atoms with van der Waals surface area (Å²) in [6.45, 7) is 9.53. The van der Waals surface area contributed by atoms with Gasteiger partial charge in [-0.1, -0.05) is 39.0 Å². The van der Waals surface area contributed by atoms with Gasteiger partial charge >= 0.3 is 0 Å². The Morgan fingerprint density at radius 3 is 2.39 bits per heavy atom. The number of aromatic amines is 1. The van der Waals surface area contributed by atoms with Crippen LogP contribution in [0.4, 0.5) is 0 Å². The van der Waals surface area contributed by atoms with Crippen molar-refractivity contribution in [2.75, 3.05) is 7.05 Å². The molecule has 0 saturated carbocycles. The molecule has 2 rings (SSSR count). The minimum absolute atomic E-state index is 0.0352. The SMILES string of the molecule is CC(C)N(C)[C@@H](CCC(N)=O)C(=O)N[C@@H](Cc1c[nH]c2ccccc12)C(=O)C(C)(C)C. The highest BCUT2D eigenvalue weighted by atomic mass is 16.2. The Hall–Kier alpha value is -2.67. The molecule has 7 nitrogen and oxygen atoms in total. The van der Waals surface area contributed by atoms with E-state index in [1.807, 2.05) is 77.0 Å². The maximum Gasteiger partial charge on any atom is 0.237 e. The summed E-state index contributed by atoms with van der Waals surface area (Å²) in [6.07, 6.45) is 2.69. The van der Waals surface area contributed by atoms with Gasteiger partial charge in [-0.3, -0.25) is 19.3 Å². The smallest absolute Gasteiger partial charge is 0.237 e. The van der Waals surface area contributed by atoms with Crippen molar-refractivity contribution in [3.63, 3.8) is 0 Å². The molecular weight excluding hydrogens is 392 g/mol. The number of rotatable bonds is 10. The molecule has 0 aliphatic carbocycles. The fraction of sp³-hybridized carbons (Fsp3) is 0.542. The molecule has 1 heterocycles. The van der Waals surface area contributed by atoms with Crippen molar-refractivity contribution < 1.29 is 14.4 Å². The van der Waals surface area contributed by atoms with E-state index >= 15 is 0 Å². The van der Waals surface area contributed by atoms with Crippen LogP contribution in [0.1, 0.15) is 53.0 Å². The molecule has 7 heteroatoms. The molecule has 170 valence electrons. The first-order valence-electron chi connectivity index (χ1n) is 10.8. The van der Waals surface area contributed by atoms with Crippen molar-refractivity contribution in [3.8, 4) is 0 Å². The minimum atomic E-state index is -0.677. The van der Waals surface area contributed by atoms with Crippen LogP contribution in [-0.4, -0.2) is 52.7 Å². The number of amides is 2. The summed E-state index contributed by atoms with van der Waals surface area (Å²) >= 11 is 0. The van der Waals surface area contributed by atoms with Crippen molar-refractivity contribution in [2.24, 2.45) is 11.1 Å². The van der Waals surface area contributed by atoms with Crippen molar-refractivity contribution in [2.45, 2.75) is 72.0 Å². The van der Waals surface area contributed by atoms with Gasteiger partial charge in [-0.2, -0.15) is 0 Å². The zero-order valence-electron chi connectivity index (χ0n) is 19.5. The largest absolute Gasteiger partial charge is 0.370 e. The third kappa shape index (κ3) is 6.40. The third-order valence-electron chi connectivity index (χ3n) is 5.74. The number of fused-ring (bicyclic) bond motifs is 1. The molecule has 0 aliphatic heterocycles. The molecule has 31 heavy (non-hydrogen) atoms. The standard InChI is InChI=1S/C24H36N4O3/c1-15(2)28(6)20(11-12-21(25)29)23(31)27-19(22(30)24(3,4)5)13-16-14-26-18-10-8-7-9-17(16)18/h7-10,14-15,19-20,26H,11-13H2,1-6H3,(H2,25,29)(H,27,31)/t19-,20-/m0/s1. The second kappa shape index (κ2) is 10.1. The van der Waals surface area contributed by atoms with Crippen LogP contribution in [0.25, 0.3) is 10.9 Å². The highest BCUT2D eigenvalue weighted by molar-refractivity contribution is 5.94. The summed E-state index contributed by atoms with van der Waals surface area (Å²) < 4.78 is 0. The van der Waals surface area contributed by atoms with Crippen molar-refractivity contribution in [1.29, 1.82) is 0 Å². The normalized spacial score (nSPS) is 14.1. The number of carbonyl (C=O) groups excluding carboxylic acids is 3. The Morgan fingerprint density at radius 2 is 1.81 bits per heavy atom. The molecule has 2 aromatic rings. The van der Waals surface area contributed by atoms with Crippen LogP contribution in [0, 0.1) is 5.41 Å². The first kappa shape index (κ1) is 24.6. The van der Waals surface area contributed by atoms with E-state index in [-0.39, 0.29) is 24.2 Å². The van der Waals surface area contributed by atoms with Crippen molar-refractivity contribution in [3.05, 3.63) is 36.0 Å². The molecule has 1 aromatic carbocycles. The van der Waals surface area contributed by atoms with Gasteiger partial charge in [0.25, 0.3) is 0 Å². The number of hydrogen-bond acceptors (Lipinski definition) is 4. The highest BCUT2D eigenvalue weighted by Crippen LogP contribution is 2.23. The zero-order chi connectivity index (χ0) is 23.3. The average molecular weight is 429 g/mol. The first-order valence-corrected chi connectivity index (χ1v) is 10.8. The third-order valence-corrected chi connectivity index (χ3v) is 5.74. The molecule has 0 aliphatic rings. The predicted octanol–water partition coefficient (Wildman–Crippen LogP) is 2.78. The molecule has 2 amide bonds. The van der Waals surface area contributed by atoms with E-state index in [2.05, 4.69) is 10.3 Å². The van der Waals surface area contributed by atoms with E-state index in [0.29, 0.717) is 12.8 Å². The van der Waals surface area contributed by atoms with Crippen molar-refractivity contribution in [1.82, 2.24) is 15.2 Å². The van der Waals surface area contributed by atoms with E-state index in [1.54, 1.807) is 0 Å². The number of ketones is 1. The fourth-order valence-corrected chi connectivity index (χ4v) is 3.68. The molecule has 0 fully saturated rings. The molecular formula is C24H36N4O3. The van der Waals surface area contributed by atoms with Crippen LogP contribution < -0.4 is 11.1 Å². The first-order chi connectivity index (χ1) is 14.4. The van der Waals surface area contributed by atoms with E-state index in [4.69, 9.17) is 5.73 Å². The maximum absolute atomic E-state index is 13.3. The monoisotopic (exact) mass is 428 g/mol. The number of benzene rings is 1. The van der Waals surface area contributed by atoms with Crippen molar-refractivity contribution >= 4 is 28.5 Å². The minimum Gasteiger partial charge on any atom is -0.370 e. The van der Waals surface area contributed by atoms with Crippen LogP contribution in [0.3, 0.4) is 0 Å². The van der Waals surface area contributed by atoms with Crippen LogP contribution >= 0.6 is 0 Å².